The molecule has 0 radical (unpaired) electrons. The molecule has 2 aromatic heterocycles. The number of ether oxygens (including phenoxy) is 1. The van der Waals surface area contributed by atoms with Crippen molar-refractivity contribution >= 4 is 5.91 Å². The maximum Gasteiger partial charge on any atom is 0.287 e. The smallest absolute Gasteiger partial charge is 0.287 e. The van der Waals surface area contributed by atoms with E-state index in [1.807, 2.05) is 18.3 Å². The third-order valence-electron chi connectivity index (χ3n) is 3.81. The van der Waals surface area contributed by atoms with Crippen LogP contribution in [0.2, 0.25) is 0 Å². The fraction of sp³-hybridized carbons (Fsp3) is 0.375. The van der Waals surface area contributed by atoms with Gasteiger partial charge in [-0.2, -0.15) is 0 Å². The lowest BCUT2D eigenvalue weighted by Gasteiger charge is -2.30. The summed E-state index contributed by atoms with van der Waals surface area (Å²) in [6.45, 7) is 1.47. The van der Waals surface area contributed by atoms with Crippen LogP contribution in [0.3, 0.4) is 0 Å². The topological polar surface area (TPSA) is 64.4 Å². The summed E-state index contributed by atoms with van der Waals surface area (Å²) in [6.07, 6.45) is 6.90. The molecule has 5 nitrogen and oxygen atoms in total. The van der Waals surface area contributed by atoms with Crippen molar-refractivity contribution in [3.05, 3.63) is 54.2 Å². The van der Waals surface area contributed by atoms with Gasteiger partial charge in [-0.25, -0.2) is 0 Å². The van der Waals surface area contributed by atoms with Crippen LogP contribution in [0.4, 0.5) is 0 Å². The molecule has 0 unspecified atom stereocenters. The molecule has 1 N–H and O–H groups in total. The fourth-order valence-electron chi connectivity index (χ4n) is 2.70. The number of amides is 1. The Bertz CT molecular complexity index is 562. The highest BCUT2D eigenvalue weighted by atomic mass is 16.5. The summed E-state index contributed by atoms with van der Waals surface area (Å²) in [5.74, 6) is 0.484. The zero-order valence-corrected chi connectivity index (χ0v) is 11.7. The number of hydrogen-bond acceptors (Lipinski definition) is 4. The summed E-state index contributed by atoms with van der Waals surface area (Å²) in [6, 6.07) is 7.19. The Morgan fingerprint density at radius 3 is 2.81 bits per heavy atom. The third kappa shape index (κ3) is 3.31. The highest BCUT2D eigenvalue weighted by Gasteiger charge is 2.28. The molecule has 110 valence electrons. The second kappa shape index (κ2) is 6.54. The van der Waals surface area contributed by atoms with Crippen LogP contribution in [0.15, 0.2) is 47.3 Å². The van der Waals surface area contributed by atoms with E-state index in [0.29, 0.717) is 11.7 Å². The molecular formula is C16H18N2O3. The second-order valence-electron chi connectivity index (χ2n) is 5.16. The largest absolute Gasteiger partial charge is 0.459 e. The van der Waals surface area contributed by atoms with E-state index in [2.05, 4.69) is 10.3 Å². The summed E-state index contributed by atoms with van der Waals surface area (Å²) in [4.78, 5) is 16.4. The van der Waals surface area contributed by atoms with Crippen molar-refractivity contribution in [3.8, 4) is 0 Å². The molecule has 5 heteroatoms. The van der Waals surface area contributed by atoms with E-state index in [1.165, 1.54) is 6.26 Å². The van der Waals surface area contributed by atoms with Gasteiger partial charge in [0.25, 0.3) is 5.91 Å². The van der Waals surface area contributed by atoms with E-state index in [9.17, 15) is 4.79 Å². The molecule has 0 spiro atoms. The number of hydrogen-bond donors (Lipinski definition) is 1. The Morgan fingerprint density at radius 2 is 2.14 bits per heavy atom. The summed E-state index contributed by atoms with van der Waals surface area (Å²) in [5, 5.41) is 3.08. The Kier molecular flexibility index (Phi) is 4.31. The first kappa shape index (κ1) is 13.8. The maximum absolute atomic E-state index is 12.3. The van der Waals surface area contributed by atoms with Crippen LogP contribution < -0.4 is 5.32 Å². The zero-order chi connectivity index (χ0) is 14.5. The average molecular weight is 286 g/mol. The van der Waals surface area contributed by atoms with Gasteiger partial charge >= 0.3 is 0 Å². The molecule has 1 fully saturated rings. The van der Waals surface area contributed by atoms with Crippen molar-refractivity contribution in [1.29, 1.82) is 0 Å². The zero-order valence-electron chi connectivity index (χ0n) is 11.7. The lowest BCUT2D eigenvalue weighted by atomic mass is 9.87. The lowest BCUT2D eigenvalue weighted by molar-refractivity contribution is 0.0509. The quantitative estimate of drug-likeness (QED) is 0.938. The van der Waals surface area contributed by atoms with Crippen LogP contribution in [-0.2, 0) is 4.74 Å². The number of carbonyl (C=O) groups excluding carboxylic acids is 1. The van der Waals surface area contributed by atoms with E-state index in [-0.39, 0.29) is 11.9 Å². The van der Waals surface area contributed by atoms with Crippen molar-refractivity contribution in [1.82, 2.24) is 10.3 Å². The Balaban J connectivity index is 1.80. The van der Waals surface area contributed by atoms with Gasteiger partial charge in [-0.3, -0.25) is 9.78 Å². The molecule has 0 aromatic carbocycles. The van der Waals surface area contributed by atoms with Crippen LogP contribution in [0.1, 0.15) is 35.0 Å². The van der Waals surface area contributed by atoms with Crippen molar-refractivity contribution in [3.63, 3.8) is 0 Å². The minimum Gasteiger partial charge on any atom is -0.459 e. The first-order valence-electron chi connectivity index (χ1n) is 7.16. The van der Waals surface area contributed by atoms with Crippen molar-refractivity contribution in [2.24, 2.45) is 5.92 Å². The normalized spacial score (nSPS) is 17.3. The average Bonchev–Trinajstić information content (AvgIpc) is 3.09. The van der Waals surface area contributed by atoms with Crippen LogP contribution in [0, 0.1) is 5.92 Å². The van der Waals surface area contributed by atoms with Gasteiger partial charge in [-0.05, 0) is 42.5 Å². The molecular weight excluding hydrogens is 268 g/mol. The minimum atomic E-state index is -0.194. The third-order valence-corrected chi connectivity index (χ3v) is 3.81. The monoisotopic (exact) mass is 286 g/mol. The van der Waals surface area contributed by atoms with E-state index in [4.69, 9.17) is 9.15 Å². The standard InChI is InChI=1S/C16H18N2O3/c19-16(14-4-2-8-21-14)18-15(12-5-9-20-10-6-12)13-3-1-7-17-11-13/h1-4,7-8,11-12,15H,5-6,9-10H2,(H,18,19)/t15-/m1/s1. The van der Waals surface area contributed by atoms with Gasteiger partial charge in [0.05, 0.1) is 12.3 Å². The van der Waals surface area contributed by atoms with Crippen LogP contribution in [0.5, 0.6) is 0 Å². The van der Waals surface area contributed by atoms with Crippen LogP contribution >= 0.6 is 0 Å². The number of nitrogens with zero attached hydrogens (tertiary/aromatic N) is 1. The number of aromatic nitrogens is 1. The molecule has 3 heterocycles. The van der Waals surface area contributed by atoms with Gasteiger partial charge < -0.3 is 14.5 Å². The molecule has 1 amide bonds. The lowest BCUT2D eigenvalue weighted by Crippen LogP contribution is -2.36. The van der Waals surface area contributed by atoms with E-state index in [1.54, 1.807) is 18.3 Å². The number of carbonyl (C=O) groups is 1. The molecule has 1 aliphatic heterocycles. The highest BCUT2D eigenvalue weighted by molar-refractivity contribution is 5.91. The summed E-state index contributed by atoms with van der Waals surface area (Å²) >= 11 is 0. The Hall–Kier alpha value is -2.14. The van der Waals surface area contributed by atoms with Gasteiger partial charge in [0.15, 0.2) is 5.76 Å². The predicted molar refractivity (Wildman–Crippen MR) is 76.7 cm³/mol. The Morgan fingerprint density at radius 1 is 1.29 bits per heavy atom. The SMILES string of the molecule is O=C(N[C@@H](c1cccnc1)C1CCOCC1)c1ccco1. The second-order valence-corrected chi connectivity index (χ2v) is 5.16. The van der Waals surface area contributed by atoms with E-state index in [0.717, 1.165) is 31.6 Å². The number of furan rings is 1. The maximum atomic E-state index is 12.3. The first-order chi connectivity index (χ1) is 10.3. The highest BCUT2D eigenvalue weighted by Crippen LogP contribution is 2.30. The van der Waals surface area contributed by atoms with Crippen molar-refractivity contribution in [2.45, 2.75) is 18.9 Å². The number of pyridine rings is 1. The van der Waals surface area contributed by atoms with Gasteiger partial charge in [-0.1, -0.05) is 6.07 Å². The van der Waals surface area contributed by atoms with Gasteiger partial charge in [0.2, 0.25) is 0 Å². The predicted octanol–water partition coefficient (Wildman–Crippen LogP) is 2.57. The summed E-state index contributed by atoms with van der Waals surface area (Å²) in [5.41, 5.74) is 1.02. The number of rotatable bonds is 4. The van der Waals surface area contributed by atoms with Crippen molar-refractivity contribution < 1.29 is 13.9 Å². The molecule has 1 saturated heterocycles. The van der Waals surface area contributed by atoms with E-state index >= 15 is 0 Å². The molecule has 2 aromatic rings. The molecule has 0 bridgehead atoms. The molecule has 1 aliphatic rings. The van der Waals surface area contributed by atoms with E-state index < -0.39 is 0 Å². The molecule has 0 saturated carbocycles. The molecule has 0 aliphatic carbocycles. The molecule has 3 rings (SSSR count). The van der Waals surface area contributed by atoms with Gasteiger partial charge in [0.1, 0.15) is 0 Å². The summed E-state index contributed by atoms with van der Waals surface area (Å²) < 4.78 is 10.6. The number of nitrogens with one attached hydrogen (secondary N) is 1. The minimum absolute atomic E-state index is 0.0693. The molecule has 21 heavy (non-hydrogen) atoms. The first-order valence-corrected chi connectivity index (χ1v) is 7.16. The molecule has 1 atom stereocenters. The van der Waals surface area contributed by atoms with Crippen LogP contribution in [0.25, 0.3) is 0 Å². The van der Waals surface area contributed by atoms with Crippen molar-refractivity contribution in [2.75, 3.05) is 13.2 Å². The van der Waals surface area contributed by atoms with Gasteiger partial charge in [-0.15, -0.1) is 0 Å². The fourth-order valence-corrected chi connectivity index (χ4v) is 2.70. The van der Waals surface area contributed by atoms with Gasteiger partial charge in [0, 0.05) is 25.6 Å². The summed E-state index contributed by atoms with van der Waals surface area (Å²) in [7, 11) is 0. The van der Waals surface area contributed by atoms with Crippen LogP contribution in [-0.4, -0.2) is 24.1 Å². The Labute approximate surface area is 123 Å².